The van der Waals surface area contributed by atoms with Crippen LogP contribution in [0.15, 0.2) is 0 Å². The Morgan fingerprint density at radius 1 is 1.33 bits per heavy atom. The lowest BCUT2D eigenvalue weighted by atomic mass is 9.96. The average molecular weight is 267 g/mol. The van der Waals surface area contributed by atoms with Crippen molar-refractivity contribution in [1.82, 2.24) is 5.32 Å². The Balaban J connectivity index is 2.53. The van der Waals surface area contributed by atoms with Crippen molar-refractivity contribution in [2.45, 2.75) is 51.2 Å². The summed E-state index contributed by atoms with van der Waals surface area (Å²) in [4.78, 5) is 10.6. The fourth-order valence-corrected chi connectivity index (χ4v) is 2.41. The maximum Gasteiger partial charge on any atom is 0.403 e. The SMILES string of the molecule is CC1CCCCCC1NCC(C(=O)O)C(F)(F)F. The molecule has 0 radical (unpaired) electrons. The molecule has 1 fully saturated rings. The van der Waals surface area contributed by atoms with E-state index in [4.69, 9.17) is 5.11 Å². The summed E-state index contributed by atoms with van der Waals surface area (Å²) in [7, 11) is 0. The Kier molecular flexibility index (Phi) is 5.44. The zero-order valence-electron chi connectivity index (χ0n) is 10.5. The van der Waals surface area contributed by atoms with E-state index in [9.17, 15) is 18.0 Å². The van der Waals surface area contributed by atoms with Crippen LogP contribution in [0.3, 0.4) is 0 Å². The Morgan fingerprint density at radius 2 is 1.94 bits per heavy atom. The molecule has 18 heavy (non-hydrogen) atoms. The van der Waals surface area contributed by atoms with E-state index < -0.39 is 24.6 Å². The highest BCUT2D eigenvalue weighted by Crippen LogP contribution is 2.27. The van der Waals surface area contributed by atoms with E-state index in [1.165, 1.54) is 0 Å². The van der Waals surface area contributed by atoms with Gasteiger partial charge in [0.15, 0.2) is 5.92 Å². The summed E-state index contributed by atoms with van der Waals surface area (Å²) in [5, 5.41) is 11.4. The van der Waals surface area contributed by atoms with Crippen molar-refractivity contribution in [3.8, 4) is 0 Å². The number of halogens is 3. The van der Waals surface area contributed by atoms with Crippen molar-refractivity contribution < 1.29 is 23.1 Å². The molecule has 3 atom stereocenters. The van der Waals surface area contributed by atoms with E-state index in [1.54, 1.807) is 0 Å². The van der Waals surface area contributed by atoms with E-state index in [1.807, 2.05) is 6.92 Å². The Bertz CT molecular complexity index is 281. The molecule has 3 nitrogen and oxygen atoms in total. The molecule has 0 heterocycles. The van der Waals surface area contributed by atoms with Crippen LogP contribution in [0.25, 0.3) is 0 Å². The number of aliphatic carboxylic acids is 1. The van der Waals surface area contributed by atoms with Gasteiger partial charge in [-0.15, -0.1) is 0 Å². The minimum absolute atomic E-state index is 0.00306. The van der Waals surface area contributed by atoms with Gasteiger partial charge in [-0.2, -0.15) is 13.2 Å². The molecule has 6 heteroatoms. The molecule has 1 aliphatic carbocycles. The van der Waals surface area contributed by atoms with Gasteiger partial charge in [0.1, 0.15) is 0 Å². The predicted octanol–water partition coefficient (Wildman–Crippen LogP) is 2.81. The second-order valence-electron chi connectivity index (χ2n) is 5.06. The molecule has 0 saturated heterocycles. The molecule has 0 spiro atoms. The standard InChI is InChI=1S/C12H20F3NO2/c1-8-5-3-2-4-6-10(8)16-7-9(11(17)18)12(13,14)15/h8-10,16H,2-7H2,1H3,(H,17,18). The van der Waals surface area contributed by atoms with Crippen LogP contribution in [0, 0.1) is 11.8 Å². The molecule has 0 bridgehead atoms. The molecule has 1 aliphatic rings. The van der Waals surface area contributed by atoms with Crippen molar-refractivity contribution in [2.75, 3.05) is 6.54 Å². The van der Waals surface area contributed by atoms with Gasteiger partial charge < -0.3 is 10.4 Å². The zero-order valence-corrected chi connectivity index (χ0v) is 10.5. The maximum atomic E-state index is 12.5. The zero-order chi connectivity index (χ0) is 13.8. The fourth-order valence-electron chi connectivity index (χ4n) is 2.41. The molecular weight excluding hydrogens is 247 g/mol. The Morgan fingerprint density at radius 3 is 2.50 bits per heavy atom. The van der Waals surface area contributed by atoms with Crippen LogP contribution in [-0.4, -0.2) is 29.8 Å². The molecule has 0 amide bonds. The van der Waals surface area contributed by atoms with Crippen LogP contribution in [0.4, 0.5) is 13.2 Å². The first-order valence-corrected chi connectivity index (χ1v) is 6.35. The lowest BCUT2D eigenvalue weighted by Crippen LogP contribution is -2.44. The lowest BCUT2D eigenvalue weighted by Gasteiger charge is -2.25. The summed E-state index contributed by atoms with van der Waals surface area (Å²) in [6, 6.07) is -0.00306. The van der Waals surface area contributed by atoms with Gasteiger partial charge >= 0.3 is 12.1 Å². The van der Waals surface area contributed by atoms with Gasteiger partial charge in [0.25, 0.3) is 0 Å². The third-order valence-corrected chi connectivity index (χ3v) is 3.64. The molecule has 3 unspecified atom stereocenters. The topological polar surface area (TPSA) is 49.3 Å². The highest BCUT2D eigenvalue weighted by Gasteiger charge is 2.45. The predicted molar refractivity (Wildman–Crippen MR) is 61.2 cm³/mol. The number of carbonyl (C=O) groups is 1. The van der Waals surface area contributed by atoms with Crippen LogP contribution in [-0.2, 0) is 4.79 Å². The number of alkyl halides is 3. The second-order valence-corrected chi connectivity index (χ2v) is 5.06. The normalized spacial score (nSPS) is 27.6. The van der Waals surface area contributed by atoms with Gasteiger partial charge in [0, 0.05) is 12.6 Å². The number of hydrogen-bond donors (Lipinski definition) is 2. The summed E-state index contributed by atoms with van der Waals surface area (Å²) in [5.74, 6) is -3.82. The van der Waals surface area contributed by atoms with Crippen molar-refractivity contribution in [3.05, 3.63) is 0 Å². The monoisotopic (exact) mass is 267 g/mol. The molecule has 0 aliphatic heterocycles. The highest BCUT2D eigenvalue weighted by molar-refractivity contribution is 5.71. The summed E-state index contributed by atoms with van der Waals surface area (Å²) in [6.45, 7) is 1.47. The van der Waals surface area contributed by atoms with Crippen molar-refractivity contribution in [3.63, 3.8) is 0 Å². The maximum absolute atomic E-state index is 12.5. The van der Waals surface area contributed by atoms with Gasteiger partial charge in [-0.1, -0.05) is 26.2 Å². The van der Waals surface area contributed by atoms with Crippen molar-refractivity contribution in [1.29, 1.82) is 0 Å². The summed E-state index contributed by atoms with van der Waals surface area (Å²) < 4.78 is 37.4. The van der Waals surface area contributed by atoms with Gasteiger partial charge in [-0.05, 0) is 18.8 Å². The first kappa shape index (κ1) is 15.3. The second kappa shape index (κ2) is 6.41. The number of rotatable bonds is 4. The lowest BCUT2D eigenvalue weighted by molar-refractivity contribution is -0.192. The fraction of sp³-hybridized carbons (Fsp3) is 0.917. The van der Waals surface area contributed by atoms with E-state index in [-0.39, 0.29) is 6.04 Å². The summed E-state index contributed by atoms with van der Waals surface area (Å²) in [6.07, 6.45) is 0.316. The molecule has 106 valence electrons. The van der Waals surface area contributed by atoms with E-state index >= 15 is 0 Å². The average Bonchev–Trinajstić information content (AvgIpc) is 2.42. The molecule has 0 aromatic heterocycles. The van der Waals surface area contributed by atoms with Gasteiger partial charge in [-0.3, -0.25) is 4.79 Å². The molecular formula is C12H20F3NO2. The van der Waals surface area contributed by atoms with Crippen LogP contribution in [0.5, 0.6) is 0 Å². The number of nitrogens with one attached hydrogen (secondary N) is 1. The van der Waals surface area contributed by atoms with Crippen molar-refractivity contribution >= 4 is 5.97 Å². The van der Waals surface area contributed by atoms with Crippen LogP contribution >= 0.6 is 0 Å². The third kappa shape index (κ3) is 4.48. The summed E-state index contributed by atoms with van der Waals surface area (Å²) in [5.41, 5.74) is 0. The largest absolute Gasteiger partial charge is 0.481 e. The van der Waals surface area contributed by atoms with Crippen molar-refractivity contribution in [2.24, 2.45) is 11.8 Å². The number of carboxylic acids is 1. The first-order valence-electron chi connectivity index (χ1n) is 6.35. The van der Waals surface area contributed by atoms with Crippen LogP contribution < -0.4 is 5.32 Å². The first-order chi connectivity index (χ1) is 8.32. The van der Waals surface area contributed by atoms with Crippen LogP contribution in [0.1, 0.15) is 39.0 Å². The quantitative estimate of drug-likeness (QED) is 0.770. The summed E-state index contributed by atoms with van der Waals surface area (Å²) >= 11 is 0. The van der Waals surface area contributed by atoms with E-state index in [2.05, 4.69) is 5.32 Å². The molecule has 1 saturated carbocycles. The van der Waals surface area contributed by atoms with Crippen LogP contribution in [0.2, 0.25) is 0 Å². The number of carboxylic acid groups (broad SMARTS) is 1. The van der Waals surface area contributed by atoms with Gasteiger partial charge in [-0.25, -0.2) is 0 Å². The minimum atomic E-state index is -4.69. The smallest absolute Gasteiger partial charge is 0.403 e. The van der Waals surface area contributed by atoms with E-state index in [0.717, 1.165) is 32.1 Å². The minimum Gasteiger partial charge on any atom is -0.481 e. The molecule has 2 N–H and O–H groups in total. The molecule has 1 rings (SSSR count). The third-order valence-electron chi connectivity index (χ3n) is 3.64. The van der Waals surface area contributed by atoms with Gasteiger partial charge in [0.05, 0.1) is 0 Å². The molecule has 0 aromatic rings. The Hall–Kier alpha value is -0.780. The highest BCUT2D eigenvalue weighted by atomic mass is 19.4. The van der Waals surface area contributed by atoms with Gasteiger partial charge in [0.2, 0.25) is 0 Å². The van der Waals surface area contributed by atoms with E-state index in [0.29, 0.717) is 5.92 Å². The Labute approximate surface area is 105 Å². The number of hydrogen-bond acceptors (Lipinski definition) is 2. The molecule has 0 aromatic carbocycles.